The van der Waals surface area contributed by atoms with E-state index in [0.29, 0.717) is 31.4 Å². The van der Waals surface area contributed by atoms with Crippen molar-refractivity contribution in [1.82, 2.24) is 10.2 Å². The maximum Gasteiger partial charge on any atom is 0.242 e. The molecule has 1 aromatic heterocycles. The first kappa shape index (κ1) is 21.0. The molecule has 0 aliphatic carbocycles. The number of carbonyl (C=O) groups excluding carboxylic acids is 1. The quantitative estimate of drug-likeness (QED) is 0.382. The number of anilines is 1. The number of guanidine groups is 1. The van der Waals surface area contributed by atoms with Crippen molar-refractivity contribution in [3.63, 3.8) is 0 Å². The molecule has 3 rings (SSSR count). The highest BCUT2D eigenvalue weighted by Gasteiger charge is 2.18. The van der Waals surface area contributed by atoms with Gasteiger partial charge in [-0.25, -0.2) is 9.38 Å². The van der Waals surface area contributed by atoms with Crippen molar-refractivity contribution in [2.24, 2.45) is 10.7 Å². The number of carbonyl (C=O) groups is 1. The summed E-state index contributed by atoms with van der Waals surface area (Å²) in [7, 11) is 0. The second-order valence-corrected chi connectivity index (χ2v) is 5.98. The van der Waals surface area contributed by atoms with E-state index in [-0.39, 0.29) is 42.2 Å². The molecule has 1 saturated heterocycles. The molecule has 0 bridgehead atoms. The van der Waals surface area contributed by atoms with Crippen LogP contribution in [0.1, 0.15) is 5.76 Å². The van der Waals surface area contributed by atoms with Crippen LogP contribution in [0.3, 0.4) is 0 Å². The molecule has 7 nitrogen and oxygen atoms in total. The Morgan fingerprint density at radius 1 is 1.19 bits per heavy atom. The Labute approximate surface area is 174 Å². The molecule has 1 fully saturated rings. The first-order chi connectivity index (χ1) is 12.6. The predicted molar refractivity (Wildman–Crippen MR) is 113 cm³/mol. The van der Waals surface area contributed by atoms with Crippen molar-refractivity contribution in [3.8, 4) is 0 Å². The van der Waals surface area contributed by atoms with Crippen LogP contribution >= 0.6 is 24.0 Å². The Hall–Kier alpha value is -2.30. The monoisotopic (exact) mass is 487 g/mol. The molecule has 146 valence electrons. The molecule has 2 aromatic rings. The maximum atomic E-state index is 13.0. The van der Waals surface area contributed by atoms with Gasteiger partial charge in [0.1, 0.15) is 18.1 Å². The van der Waals surface area contributed by atoms with E-state index in [4.69, 9.17) is 10.2 Å². The fraction of sp³-hybridized carbons (Fsp3) is 0.333. The average Bonchev–Trinajstić information content (AvgIpc) is 3.19. The summed E-state index contributed by atoms with van der Waals surface area (Å²) in [6.45, 7) is 3.21. The van der Waals surface area contributed by atoms with Gasteiger partial charge in [-0.15, -0.1) is 24.0 Å². The van der Waals surface area contributed by atoms with Crippen LogP contribution in [0.25, 0.3) is 0 Å². The number of amides is 1. The van der Waals surface area contributed by atoms with Gasteiger partial charge in [0.05, 0.1) is 12.8 Å². The van der Waals surface area contributed by atoms with Gasteiger partial charge in [-0.2, -0.15) is 0 Å². The number of hydrogen-bond donors (Lipinski definition) is 2. The summed E-state index contributed by atoms with van der Waals surface area (Å²) in [4.78, 5) is 20.1. The number of furan rings is 1. The Bertz CT molecular complexity index is 744. The second kappa shape index (κ2) is 10.1. The summed E-state index contributed by atoms with van der Waals surface area (Å²) < 4.78 is 18.2. The van der Waals surface area contributed by atoms with E-state index < -0.39 is 0 Å². The van der Waals surface area contributed by atoms with Gasteiger partial charge in [0.2, 0.25) is 5.91 Å². The summed E-state index contributed by atoms with van der Waals surface area (Å²) in [5, 5.41) is 2.72. The highest BCUT2D eigenvalue weighted by atomic mass is 127. The fourth-order valence-corrected chi connectivity index (χ4v) is 2.75. The van der Waals surface area contributed by atoms with Crippen LogP contribution < -0.4 is 16.0 Å². The zero-order valence-corrected chi connectivity index (χ0v) is 17.1. The number of halogens is 2. The smallest absolute Gasteiger partial charge is 0.242 e. The minimum Gasteiger partial charge on any atom is -0.467 e. The van der Waals surface area contributed by atoms with E-state index in [9.17, 15) is 9.18 Å². The summed E-state index contributed by atoms with van der Waals surface area (Å²) in [6, 6.07) is 10.0. The highest BCUT2D eigenvalue weighted by Crippen LogP contribution is 2.16. The van der Waals surface area contributed by atoms with E-state index in [1.165, 1.54) is 12.1 Å². The van der Waals surface area contributed by atoms with Crippen LogP contribution in [0.5, 0.6) is 0 Å². The van der Waals surface area contributed by atoms with Crippen LogP contribution in [0.2, 0.25) is 0 Å². The molecule has 1 aromatic carbocycles. The lowest BCUT2D eigenvalue weighted by Crippen LogP contribution is -2.51. The van der Waals surface area contributed by atoms with Gasteiger partial charge in [-0.1, -0.05) is 0 Å². The Kier molecular flexibility index (Phi) is 7.89. The highest BCUT2D eigenvalue weighted by molar-refractivity contribution is 14.0. The van der Waals surface area contributed by atoms with Crippen LogP contribution in [0.15, 0.2) is 52.1 Å². The molecule has 0 unspecified atom stereocenters. The van der Waals surface area contributed by atoms with Crippen LogP contribution in [-0.2, 0) is 11.3 Å². The summed E-state index contributed by atoms with van der Waals surface area (Å²) >= 11 is 0. The molecule has 0 radical (unpaired) electrons. The molecule has 0 atom stereocenters. The van der Waals surface area contributed by atoms with Crippen molar-refractivity contribution in [3.05, 3.63) is 54.2 Å². The van der Waals surface area contributed by atoms with Gasteiger partial charge in [0.25, 0.3) is 0 Å². The average molecular weight is 487 g/mol. The zero-order valence-electron chi connectivity index (χ0n) is 14.8. The van der Waals surface area contributed by atoms with E-state index in [1.54, 1.807) is 30.5 Å². The molecule has 3 N–H and O–H groups in total. The first-order valence-electron chi connectivity index (χ1n) is 8.46. The molecule has 1 aliphatic heterocycles. The van der Waals surface area contributed by atoms with Gasteiger partial charge < -0.3 is 25.3 Å². The van der Waals surface area contributed by atoms with Crippen LogP contribution in [-0.4, -0.2) is 49.5 Å². The number of nitrogens with zero attached hydrogens (tertiary/aromatic N) is 3. The van der Waals surface area contributed by atoms with E-state index in [1.807, 2.05) is 4.90 Å². The maximum absolute atomic E-state index is 13.0. The number of piperazine rings is 1. The molecule has 1 aliphatic rings. The molecule has 2 heterocycles. The molecule has 27 heavy (non-hydrogen) atoms. The predicted octanol–water partition coefficient (Wildman–Crippen LogP) is 1.79. The summed E-state index contributed by atoms with van der Waals surface area (Å²) in [5.74, 6) is 0.590. The van der Waals surface area contributed by atoms with E-state index >= 15 is 0 Å². The van der Waals surface area contributed by atoms with Crippen molar-refractivity contribution in [1.29, 1.82) is 0 Å². The minimum atomic E-state index is -0.242. The molecule has 0 spiro atoms. The number of benzene rings is 1. The molecule has 1 amide bonds. The second-order valence-electron chi connectivity index (χ2n) is 5.98. The van der Waals surface area contributed by atoms with Crippen LogP contribution in [0.4, 0.5) is 10.1 Å². The van der Waals surface area contributed by atoms with Gasteiger partial charge in [0.15, 0.2) is 5.96 Å². The lowest BCUT2D eigenvalue weighted by atomic mass is 10.2. The van der Waals surface area contributed by atoms with Crippen molar-refractivity contribution in [2.45, 2.75) is 6.54 Å². The van der Waals surface area contributed by atoms with Gasteiger partial charge in [-0.3, -0.25) is 4.79 Å². The minimum absolute atomic E-state index is 0. The van der Waals surface area contributed by atoms with Crippen molar-refractivity contribution >= 4 is 41.5 Å². The van der Waals surface area contributed by atoms with Gasteiger partial charge >= 0.3 is 0 Å². The number of nitrogens with one attached hydrogen (secondary N) is 1. The fourth-order valence-electron chi connectivity index (χ4n) is 2.75. The summed E-state index contributed by atoms with van der Waals surface area (Å²) in [6.07, 6.45) is 1.56. The standard InChI is InChI=1S/C18H22FN5O2.HI/c19-14-3-5-15(6-4-14)23-7-9-24(10-8-23)18(20)22-13-17(25)21-12-16-2-1-11-26-16;/h1-6,11H,7-10,12-13H2,(H2,20,22)(H,21,25);1H. The lowest BCUT2D eigenvalue weighted by Gasteiger charge is -2.36. The number of hydrogen-bond acceptors (Lipinski definition) is 4. The third-order valence-corrected chi connectivity index (χ3v) is 4.22. The number of aliphatic imine (C=N–C) groups is 1. The molecule has 0 saturated carbocycles. The zero-order chi connectivity index (χ0) is 18.4. The van der Waals surface area contributed by atoms with Gasteiger partial charge in [-0.05, 0) is 36.4 Å². The first-order valence-corrected chi connectivity index (χ1v) is 8.46. The Morgan fingerprint density at radius 2 is 1.89 bits per heavy atom. The topological polar surface area (TPSA) is 87.1 Å². The lowest BCUT2D eigenvalue weighted by molar-refractivity contribution is -0.119. The van der Waals surface area contributed by atoms with Gasteiger partial charge in [0, 0.05) is 31.9 Å². The largest absolute Gasteiger partial charge is 0.467 e. The molecule has 9 heteroatoms. The van der Waals surface area contributed by atoms with Crippen molar-refractivity contribution in [2.75, 3.05) is 37.6 Å². The molecular weight excluding hydrogens is 464 g/mol. The third-order valence-electron chi connectivity index (χ3n) is 4.22. The number of rotatable bonds is 5. The summed E-state index contributed by atoms with van der Waals surface area (Å²) in [5.41, 5.74) is 6.99. The Balaban J connectivity index is 0.00000261. The SMILES string of the molecule is I.NC(=NCC(=O)NCc1ccco1)N1CCN(c2ccc(F)cc2)CC1. The van der Waals surface area contributed by atoms with E-state index in [2.05, 4.69) is 15.2 Å². The molecular formula is C18H23FIN5O2. The third kappa shape index (κ3) is 6.12. The number of nitrogens with two attached hydrogens (primary N) is 1. The van der Waals surface area contributed by atoms with E-state index in [0.717, 1.165) is 18.8 Å². The van der Waals surface area contributed by atoms with Crippen molar-refractivity contribution < 1.29 is 13.6 Å². The Morgan fingerprint density at radius 3 is 2.52 bits per heavy atom. The van der Waals surface area contributed by atoms with Crippen LogP contribution in [0, 0.1) is 5.82 Å². The normalized spacial score (nSPS) is 14.6.